The van der Waals surface area contributed by atoms with Crippen molar-refractivity contribution in [1.29, 1.82) is 0 Å². The molecule has 0 atom stereocenters. The number of hydrogen-bond acceptors (Lipinski definition) is 2. The second-order valence-corrected chi connectivity index (χ2v) is 6.64. The lowest BCUT2D eigenvalue weighted by Gasteiger charge is -2.20. The predicted molar refractivity (Wildman–Crippen MR) is 84.6 cm³/mol. The molecule has 0 amide bonds. The molecule has 2 rings (SSSR count). The summed E-state index contributed by atoms with van der Waals surface area (Å²) >= 11 is 6.41. The number of benzene rings is 1. The molecule has 0 spiro atoms. The first-order chi connectivity index (χ1) is 9.26. The van der Waals surface area contributed by atoms with E-state index < -0.39 is 0 Å². The molecule has 108 valence electrons. The van der Waals surface area contributed by atoms with Gasteiger partial charge in [0, 0.05) is 17.8 Å². The van der Waals surface area contributed by atoms with Crippen LogP contribution in [-0.2, 0) is 6.54 Å². The first-order valence-electron chi connectivity index (χ1n) is 6.83. The molecule has 0 fully saturated rings. The Morgan fingerprint density at radius 1 is 1.20 bits per heavy atom. The summed E-state index contributed by atoms with van der Waals surface area (Å²) in [5.41, 5.74) is 4.29. The van der Waals surface area contributed by atoms with Gasteiger partial charge in [-0.05, 0) is 58.4 Å². The first kappa shape index (κ1) is 15.1. The molecule has 1 aromatic carbocycles. The SMILES string of the molecule is Cc1cc(C)n(-c2ccc(CNC(C)(C)C)cc2Cl)n1. The van der Waals surface area contributed by atoms with Crippen molar-refractivity contribution in [2.45, 2.75) is 46.7 Å². The number of aromatic nitrogens is 2. The smallest absolute Gasteiger partial charge is 0.0835 e. The quantitative estimate of drug-likeness (QED) is 0.925. The minimum atomic E-state index is 0.0980. The normalized spacial score (nSPS) is 11.9. The molecule has 0 radical (unpaired) electrons. The van der Waals surface area contributed by atoms with Crippen molar-refractivity contribution in [3.05, 3.63) is 46.2 Å². The Morgan fingerprint density at radius 2 is 1.90 bits per heavy atom. The van der Waals surface area contributed by atoms with Crippen molar-refractivity contribution in [1.82, 2.24) is 15.1 Å². The zero-order valence-corrected chi connectivity index (χ0v) is 13.5. The maximum Gasteiger partial charge on any atom is 0.0835 e. The molecule has 0 saturated heterocycles. The van der Waals surface area contributed by atoms with E-state index in [4.69, 9.17) is 11.6 Å². The Bertz CT molecular complexity index is 609. The van der Waals surface area contributed by atoms with Crippen LogP contribution < -0.4 is 5.32 Å². The van der Waals surface area contributed by atoms with Crippen LogP contribution in [0, 0.1) is 13.8 Å². The van der Waals surface area contributed by atoms with E-state index in [9.17, 15) is 0 Å². The topological polar surface area (TPSA) is 29.9 Å². The van der Waals surface area contributed by atoms with E-state index in [0.717, 1.165) is 28.6 Å². The van der Waals surface area contributed by atoms with Crippen LogP contribution in [0.5, 0.6) is 0 Å². The molecule has 20 heavy (non-hydrogen) atoms. The maximum absolute atomic E-state index is 6.41. The van der Waals surface area contributed by atoms with Gasteiger partial charge in [0.05, 0.1) is 16.4 Å². The number of rotatable bonds is 3. The molecule has 1 aromatic heterocycles. The number of nitrogens with one attached hydrogen (secondary N) is 1. The van der Waals surface area contributed by atoms with Crippen LogP contribution in [0.4, 0.5) is 0 Å². The van der Waals surface area contributed by atoms with Gasteiger partial charge in [0.25, 0.3) is 0 Å². The maximum atomic E-state index is 6.41. The lowest BCUT2D eigenvalue weighted by atomic mass is 10.1. The third-order valence-electron chi connectivity index (χ3n) is 3.07. The molecule has 2 aromatic rings. The fraction of sp³-hybridized carbons (Fsp3) is 0.438. The monoisotopic (exact) mass is 291 g/mol. The molecule has 0 bridgehead atoms. The molecule has 1 N–H and O–H groups in total. The standard InChI is InChI=1S/C16H22ClN3/c1-11-8-12(2)20(19-11)15-7-6-13(9-14(15)17)10-18-16(3,4)5/h6-9,18H,10H2,1-5H3. The lowest BCUT2D eigenvalue weighted by Crippen LogP contribution is -2.35. The Hall–Kier alpha value is -1.32. The van der Waals surface area contributed by atoms with E-state index >= 15 is 0 Å². The minimum Gasteiger partial charge on any atom is -0.308 e. The second kappa shape index (κ2) is 5.58. The van der Waals surface area contributed by atoms with Gasteiger partial charge in [0.1, 0.15) is 0 Å². The van der Waals surface area contributed by atoms with Crippen molar-refractivity contribution in [3.63, 3.8) is 0 Å². The summed E-state index contributed by atoms with van der Waals surface area (Å²) in [6.07, 6.45) is 0. The molecule has 0 unspecified atom stereocenters. The van der Waals surface area contributed by atoms with Gasteiger partial charge in [-0.25, -0.2) is 4.68 Å². The van der Waals surface area contributed by atoms with Crippen molar-refractivity contribution < 1.29 is 0 Å². The summed E-state index contributed by atoms with van der Waals surface area (Å²) in [7, 11) is 0. The molecule has 1 heterocycles. The van der Waals surface area contributed by atoms with E-state index in [1.54, 1.807) is 0 Å². The highest BCUT2D eigenvalue weighted by molar-refractivity contribution is 6.32. The van der Waals surface area contributed by atoms with E-state index in [0.29, 0.717) is 0 Å². The number of aryl methyl sites for hydroxylation is 2. The molecular weight excluding hydrogens is 270 g/mol. The highest BCUT2D eigenvalue weighted by Gasteiger charge is 2.11. The fourth-order valence-electron chi connectivity index (χ4n) is 2.07. The Labute approximate surface area is 126 Å². The Morgan fingerprint density at radius 3 is 2.40 bits per heavy atom. The first-order valence-corrected chi connectivity index (χ1v) is 7.21. The number of hydrogen-bond donors (Lipinski definition) is 1. The zero-order valence-electron chi connectivity index (χ0n) is 12.8. The Balaban J connectivity index is 2.24. The van der Waals surface area contributed by atoms with Crippen molar-refractivity contribution in [2.24, 2.45) is 0 Å². The second-order valence-electron chi connectivity index (χ2n) is 6.23. The van der Waals surface area contributed by atoms with Crippen LogP contribution >= 0.6 is 11.6 Å². The summed E-state index contributed by atoms with van der Waals surface area (Å²) in [6.45, 7) is 11.3. The van der Waals surface area contributed by atoms with Gasteiger partial charge in [0.15, 0.2) is 0 Å². The van der Waals surface area contributed by atoms with Gasteiger partial charge in [-0.15, -0.1) is 0 Å². The minimum absolute atomic E-state index is 0.0980. The van der Waals surface area contributed by atoms with Gasteiger partial charge < -0.3 is 5.32 Å². The lowest BCUT2D eigenvalue weighted by molar-refractivity contribution is 0.424. The largest absolute Gasteiger partial charge is 0.308 e. The van der Waals surface area contributed by atoms with E-state index in [2.05, 4.69) is 37.3 Å². The molecule has 0 aliphatic heterocycles. The van der Waals surface area contributed by atoms with Crippen LogP contribution in [0.25, 0.3) is 5.69 Å². The van der Waals surface area contributed by atoms with E-state index in [-0.39, 0.29) is 5.54 Å². The summed E-state index contributed by atoms with van der Waals surface area (Å²) in [4.78, 5) is 0. The van der Waals surface area contributed by atoms with Gasteiger partial charge >= 0.3 is 0 Å². The van der Waals surface area contributed by atoms with Crippen molar-refractivity contribution in [3.8, 4) is 5.69 Å². The summed E-state index contributed by atoms with van der Waals surface area (Å²) in [5.74, 6) is 0. The third kappa shape index (κ3) is 3.62. The molecule has 3 nitrogen and oxygen atoms in total. The van der Waals surface area contributed by atoms with E-state index in [1.807, 2.05) is 36.7 Å². The summed E-state index contributed by atoms with van der Waals surface area (Å²) in [5, 5.41) is 8.66. The average molecular weight is 292 g/mol. The summed E-state index contributed by atoms with van der Waals surface area (Å²) in [6, 6.07) is 8.18. The van der Waals surface area contributed by atoms with E-state index in [1.165, 1.54) is 5.56 Å². The van der Waals surface area contributed by atoms with Crippen LogP contribution in [0.1, 0.15) is 37.7 Å². The van der Waals surface area contributed by atoms with Crippen LogP contribution in [-0.4, -0.2) is 15.3 Å². The van der Waals surface area contributed by atoms with Gasteiger partial charge in [0.2, 0.25) is 0 Å². The van der Waals surface area contributed by atoms with Crippen LogP contribution in [0.3, 0.4) is 0 Å². The highest BCUT2D eigenvalue weighted by atomic mass is 35.5. The predicted octanol–water partition coefficient (Wildman–Crippen LogP) is 4.03. The molecule has 0 saturated carbocycles. The number of nitrogens with zero attached hydrogens (tertiary/aromatic N) is 2. The molecular formula is C16H22ClN3. The van der Waals surface area contributed by atoms with Gasteiger partial charge in [-0.2, -0.15) is 5.10 Å². The highest BCUT2D eigenvalue weighted by Crippen LogP contribution is 2.23. The summed E-state index contributed by atoms with van der Waals surface area (Å²) < 4.78 is 1.89. The Kier molecular flexibility index (Phi) is 4.21. The number of halogens is 1. The molecule has 0 aliphatic carbocycles. The van der Waals surface area contributed by atoms with Crippen molar-refractivity contribution in [2.75, 3.05) is 0 Å². The zero-order chi connectivity index (χ0) is 14.9. The van der Waals surface area contributed by atoms with Gasteiger partial charge in [-0.3, -0.25) is 0 Å². The molecule has 0 aliphatic rings. The average Bonchev–Trinajstić information content (AvgIpc) is 2.65. The van der Waals surface area contributed by atoms with Crippen LogP contribution in [0.15, 0.2) is 24.3 Å². The van der Waals surface area contributed by atoms with Crippen molar-refractivity contribution >= 4 is 11.6 Å². The third-order valence-corrected chi connectivity index (χ3v) is 3.38. The molecule has 4 heteroatoms. The van der Waals surface area contributed by atoms with Gasteiger partial charge in [-0.1, -0.05) is 17.7 Å². The fourth-order valence-corrected chi connectivity index (χ4v) is 2.36. The van der Waals surface area contributed by atoms with Crippen LogP contribution in [0.2, 0.25) is 5.02 Å².